The number of ether oxygens (including phenoxy) is 3. The molecule has 1 unspecified atom stereocenters. The first kappa shape index (κ1) is 30.8. The van der Waals surface area contributed by atoms with Crippen LogP contribution in [0.4, 0.5) is 0 Å². The van der Waals surface area contributed by atoms with Crippen molar-refractivity contribution in [3.8, 4) is 16.9 Å². The molecule has 0 heterocycles. The minimum Gasteiger partial charge on any atom is -0.493 e. The molecule has 3 aromatic rings. The van der Waals surface area contributed by atoms with E-state index in [-0.39, 0.29) is 17.4 Å². The van der Waals surface area contributed by atoms with Gasteiger partial charge < -0.3 is 14.2 Å². The van der Waals surface area contributed by atoms with E-state index in [9.17, 15) is 9.59 Å². The van der Waals surface area contributed by atoms with Gasteiger partial charge in [-0.3, -0.25) is 9.59 Å². The molecule has 0 aliphatic heterocycles. The average molecular weight is 583 g/mol. The number of carbonyl (C=O) groups excluding carboxylic acids is 2. The van der Waals surface area contributed by atoms with Gasteiger partial charge in [0, 0.05) is 19.3 Å². The summed E-state index contributed by atoms with van der Waals surface area (Å²) < 4.78 is 16.5. The highest BCUT2D eigenvalue weighted by atomic mass is 16.6. The minimum absolute atomic E-state index is 0.100. The van der Waals surface area contributed by atoms with E-state index in [1.165, 1.54) is 76.9 Å². The van der Waals surface area contributed by atoms with Crippen LogP contribution < -0.4 is 4.74 Å². The van der Waals surface area contributed by atoms with E-state index >= 15 is 0 Å². The summed E-state index contributed by atoms with van der Waals surface area (Å²) in [5.74, 6) is 0.767. The van der Waals surface area contributed by atoms with Gasteiger partial charge in [-0.25, -0.2) is 0 Å². The Balaban J connectivity index is 1.27. The van der Waals surface area contributed by atoms with Gasteiger partial charge in [0.25, 0.3) is 0 Å². The van der Waals surface area contributed by atoms with E-state index in [0.29, 0.717) is 25.4 Å². The van der Waals surface area contributed by atoms with Crippen LogP contribution in [0.5, 0.6) is 5.75 Å². The van der Waals surface area contributed by atoms with Crippen LogP contribution >= 0.6 is 0 Å². The minimum atomic E-state index is -0.556. The van der Waals surface area contributed by atoms with Crippen molar-refractivity contribution < 1.29 is 23.8 Å². The molecule has 43 heavy (non-hydrogen) atoms. The van der Waals surface area contributed by atoms with Crippen LogP contribution in [0.2, 0.25) is 0 Å². The summed E-state index contributed by atoms with van der Waals surface area (Å²) in [6.07, 6.45) is 6.60. The molecule has 5 heteroatoms. The third-order valence-corrected chi connectivity index (χ3v) is 9.65. The van der Waals surface area contributed by atoms with Crippen molar-refractivity contribution in [3.05, 3.63) is 87.5 Å². The van der Waals surface area contributed by atoms with E-state index < -0.39 is 5.60 Å². The van der Waals surface area contributed by atoms with Gasteiger partial charge in [0.1, 0.15) is 11.4 Å². The number of rotatable bonds is 11. The smallest absolute Gasteiger partial charge is 0.306 e. The SMILES string of the molecule is COC(=O)CC1c2ccc(CCc3cccc(-c4c(C)cc(OCCC(C)(C)OC(C)=O)cc4C)c3C)cc2CC12CC2. The lowest BCUT2D eigenvalue weighted by molar-refractivity contribution is -0.154. The fourth-order valence-corrected chi connectivity index (χ4v) is 7.19. The first-order valence-electron chi connectivity index (χ1n) is 15.6. The molecule has 1 spiro atoms. The largest absolute Gasteiger partial charge is 0.493 e. The van der Waals surface area contributed by atoms with Crippen LogP contribution in [0.1, 0.15) is 91.3 Å². The second kappa shape index (κ2) is 12.2. The molecule has 0 radical (unpaired) electrons. The zero-order valence-electron chi connectivity index (χ0n) is 26.9. The Hall–Kier alpha value is -3.60. The number of methoxy groups -OCH3 is 1. The number of aryl methyl sites for hydroxylation is 4. The van der Waals surface area contributed by atoms with Crippen molar-refractivity contribution in [1.82, 2.24) is 0 Å². The lowest BCUT2D eigenvalue weighted by Gasteiger charge is -2.24. The predicted molar refractivity (Wildman–Crippen MR) is 171 cm³/mol. The molecule has 2 aliphatic carbocycles. The van der Waals surface area contributed by atoms with E-state index in [2.05, 4.69) is 69.3 Å². The van der Waals surface area contributed by atoms with E-state index in [4.69, 9.17) is 14.2 Å². The second-order valence-electron chi connectivity index (χ2n) is 13.4. The quantitative estimate of drug-likeness (QED) is 0.214. The molecule has 5 rings (SSSR count). The number of hydrogen-bond acceptors (Lipinski definition) is 5. The zero-order valence-corrected chi connectivity index (χ0v) is 26.9. The number of hydrogen-bond donors (Lipinski definition) is 0. The topological polar surface area (TPSA) is 61.8 Å². The van der Waals surface area contributed by atoms with Crippen LogP contribution in [0.3, 0.4) is 0 Å². The van der Waals surface area contributed by atoms with Crippen molar-refractivity contribution in [2.24, 2.45) is 5.41 Å². The molecule has 1 fully saturated rings. The highest BCUT2D eigenvalue weighted by Crippen LogP contribution is 2.64. The lowest BCUT2D eigenvalue weighted by atomic mass is 9.86. The predicted octanol–water partition coefficient (Wildman–Crippen LogP) is 8.16. The maximum atomic E-state index is 12.1. The van der Waals surface area contributed by atoms with Crippen molar-refractivity contribution >= 4 is 11.9 Å². The van der Waals surface area contributed by atoms with Crippen molar-refractivity contribution in [2.75, 3.05) is 13.7 Å². The highest BCUT2D eigenvalue weighted by molar-refractivity contribution is 5.75. The Kier molecular flexibility index (Phi) is 8.74. The molecular weight excluding hydrogens is 536 g/mol. The fourth-order valence-electron chi connectivity index (χ4n) is 7.19. The molecule has 1 saturated carbocycles. The van der Waals surface area contributed by atoms with Gasteiger partial charge in [-0.15, -0.1) is 0 Å². The molecule has 0 aromatic heterocycles. The van der Waals surface area contributed by atoms with Gasteiger partial charge in [-0.2, -0.15) is 0 Å². The van der Waals surface area contributed by atoms with E-state index in [1.807, 2.05) is 13.8 Å². The Labute approximate surface area is 256 Å². The third-order valence-electron chi connectivity index (χ3n) is 9.65. The summed E-state index contributed by atoms with van der Waals surface area (Å²) >= 11 is 0. The summed E-state index contributed by atoms with van der Waals surface area (Å²) in [6.45, 7) is 12.3. The fraction of sp³-hybridized carbons (Fsp3) is 0.474. The van der Waals surface area contributed by atoms with Crippen LogP contribution in [-0.4, -0.2) is 31.3 Å². The standard InChI is InChI=1S/C38H46O5/c1-24-19-31(42-18-17-37(5,6)43-27(4)39)20-25(2)36(24)32-10-8-9-29(26(32)3)13-11-28-12-14-33-30(21-28)23-38(15-16-38)34(33)22-35(40)41-7/h8-10,12,14,19-21,34H,11,13,15-18,22-23H2,1-7H3. The van der Waals surface area contributed by atoms with Crippen molar-refractivity contribution in [2.45, 2.75) is 98.0 Å². The highest BCUT2D eigenvalue weighted by Gasteiger charge is 2.54. The third kappa shape index (κ3) is 6.82. The summed E-state index contributed by atoms with van der Waals surface area (Å²) in [6, 6.07) is 17.8. The summed E-state index contributed by atoms with van der Waals surface area (Å²) in [5, 5.41) is 0. The van der Waals surface area contributed by atoms with Crippen molar-refractivity contribution in [3.63, 3.8) is 0 Å². The molecule has 0 N–H and O–H groups in total. The maximum Gasteiger partial charge on any atom is 0.306 e. The van der Waals surface area contributed by atoms with Crippen LogP contribution in [0.25, 0.3) is 11.1 Å². The zero-order chi connectivity index (χ0) is 30.9. The van der Waals surface area contributed by atoms with Gasteiger partial charge in [0.15, 0.2) is 0 Å². The van der Waals surface area contributed by atoms with E-state index in [1.54, 1.807) is 0 Å². The molecule has 5 nitrogen and oxygen atoms in total. The number of esters is 2. The van der Waals surface area contributed by atoms with E-state index in [0.717, 1.165) is 25.0 Å². The Morgan fingerprint density at radius 2 is 1.70 bits per heavy atom. The normalized spacial score (nSPS) is 16.6. The average Bonchev–Trinajstić information content (AvgIpc) is 3.64. The molecular formula is C38H46O5. The number of fused-ring (bicyclic) bond motifs is 1. The van der Waals surface area contributed by atoms with Gasteiger partial charge >= 0.3 is 11.9 Å². The number of carbonyl (C=O) groups is 2. The van der Waals surface area contributed by atoms with Gasteiger partial charge in [0.2, 0.25) is 0 Å². The summed E-state index contributed by atoms with van der Waals surface area (Å²) in [7, 11) is 1.49. The maximum absolute atomic E-state index is 12.1. The van der Waals surface area contributed by atoms with Crippen LogP contribution in [0.15, 0.2) is 48.5 Å². The van der Waals surface area contributed by atoms with Gasteiger partial charge in [-0.05, 0) is 134 Å². The van der Waals surface area contributed by atoms with Gasteiger partial charge in [-0.1, -0.05) is 36.4 Å². The molecule has 2 aliphatic rings. The summed E-state index contributed by atoms with van der Waals surface area (Å²) in [4.78, 5) is 23.5. The molecule has 0 amide bonds. The molecule has 0 bridgehead atoms. The molecule has 228 valence electrons. The van der Waals surface area contributed by atoms with Crippen molar-refractivity contribution in [1.29, 1.82) is 0 Å². The number of benzene rings is 3. The second-order valence-corrected chi connectivity index (χ2v) is 13.4. The lowest BCUT2D eigenvalue weighted by Crippen LogP contribution is -2.29. The molecule has 1 atom stereocenters. The Morgan fingerprint density at radius 3 is 2.35 bits per heavy atom. The molecule has 0 saturated heterocycles. The van der Waals surface area contributed by atoms with Gasteiger partial charge in [0.05, 0.1) is 20.1 Å². The first-order valence-corrected chi connectivity index (χ1v) is 15.6. The van der Waals surface area contributed by atoms with Crippen LogP contribution in [-0.2, 0) is 38.3 Å². The first-order chi connectivity index (χ1) is 20.4. The van der Waals surface area contributed by atoms with Crippen LogP contribution in [0, 0.1) is 26.2 Å². The Morgan fingerprint density at radius 1 is 0.977 bits per heavy atom. The summed E-state index contributed by atoms with van der Waals surface area (Å²) in [5.41, 5.74) is 11.5. The Bertz CT molecular complexity index is 1500. The molecule has 3 aromatic carbocycles. The monoisotopic (exact) mass is 582 g/mol.